The van der Waals surface area contributed by atoms with Crippen molar-refractivity contribution in [2.45, 2.75) is 42.6 Å². The summed E-state index contributed by atoms with van der Waals surface area (Å²) in [6, 6.07) is 3.14. The fourth-order valence-corrected chi connectivity index (χ4v) is 3.98. The van der Waals surface area contributed by atoms with Gasteiger partial charge in [0.1, 0.15) is 17.4 Å². The Morgan fingerprint density at radius 1 is 1.25 bits per heavy atom. The number of rotatable bonds is 6. The quantitative estimate of drug-likeness (QED) is 0.553. The van der Waals surface area contributed by atoms with E-state index in [-0.39, 0.29) is 17.4 Å². The van der Waals surface area contributed by atoms with Gasteiger partial charge in [0.15, 0.2) is 5.13 Å². The van der Waals surface area contributed by atoms with Crippen LogP contribution in [0.25, 0.3) is 0 Å². The average Bonchev–Trinajstić information content (AvgIpc) is 3.24. The molecule has 0 aliphatic carbocycles. The predicted octanol–water partition coefficient (Wildman–Crippen LogP) is 5.18. The van der Waals surface area contributed by atoms with Crippen LogP contribution in [0, 0.1) is 11.6 Å². The third-order valence-electron chi connectivity index (χ3n) is 3.73. The van der Waals surface area contributed by atoms with Crippen molar-refractivity contribution in [3.05, 3.63) is 59.4 Å². The van der Waals surface area contributed by atoms with Crippen LogP contribution in [0.1, 0.15) is 38.0 Å². The normalized spacial score (nSPS) is 11.6. The maximum Gasteiger partial charge on any atom is 0.230 e. The van der Waals surface area contributed by atoms with Crippen molar-refractivity contribution in [2.75, 3.05) is 5.32 Å². The highest BCUT2D eigenvalue weighted by Crippen LogP contribution is 2.31. The Morgan fingerprint density at radius 2 is 2.04 bits per heavy atom. The number of carbonyl (C=O) groups is 1. The number of hydrogen-bond acceptors (Lipinski definition) is 6. The van der Waals surface area contributed by atoms with E-state index in [9.17, 15) is 13.6 Å². The first-order chi connectivity index (χ1) is 13.2. The van der Waals surface area contributed by atoms with Crippen LogP contribution in [0.15, 0.2) is 39.2 Å². The molecule has 1 aromatic carbocycles. The molecular formula is C19H19F2N3O2S2. The molecule has 0 bridgehead atoms. The largest absolute Gasteiger partial charge is 0.444 e. The van der Waals surface area contributed by atoms with Crippen molar-refractivity contribution in [1.82, 2.24) is 9.97 Å². The molecule has 148 valence electrons. The first-order valence-corrected chi connectivity index (χ1v) is 10.3. The minimum absolute atomic E-state index is 0.0954. The van der Waals surface area contributed by atoms with Crippen LogP contribution in [0.4, 0.5) is 13.9 Å². The lowest BCUT2D eigenvalue weighted by atomic mass is 9.94. The predicted molar refractivity (Wildman–Crippen MR) is 106 cm³/mol. The highest BCUT2D eigenvalue weighted by Gasteiger charge is 2.19. The van der Waals surface area contributed by atoms with Gasteiger partial charge in [0.2, 0.25) is 11.8 Å². The van der Waals surface area contributed by atoms with Crippen LogP contribution >= 0.6 is 23.1 Å². The third kappa shape index (κ3) is 5.39. The molecule has 2 aromatic heterocycles. The van der Waals surface area contributed by atoms with Crippen LogP contribution in [-0.2, 0) is 22.4 Å². The molecule has 0 saturated heterocycles. The molecular weight excluding hydrogens is 404 g/mol. The second kappa shape index (κ2) is 8.40. The van der Waals surface area contributed by atoms with Gasteiger partial charge >= 0.3 is 0 Å². The lowest BCUT2D eigenvalue weighted by molar-refractivity contribution is -0.115. The van der Waals surface area contributed by atoms with Gasteiger partial charge in [0.05, 0.1) is 28.8 Å². The number of halogens is 2. The number of nitrogens with zero attached hydrogens (tertiary/aromatic N) is 2. The van der Waals surface area contributed by atoms with Crippen LogP contribution in [-0.4, -0.2) is 15.9 Å². The molecule has 28 heavy (non-hydrogen) atoms. The van der Waals surface area contributed by atoms with E-state index < -0.39 is 17.5 Å². The van der Waals surface area contributed by atoms with Crippen LogP contribution in [0.5, 0.6) is 0 Å². The lowest BCUT2D eigenvalue weighted by Crippen LogP contribution is -2.15. The van der Waals surface area contributed by atoms with Crippen molar-refractivity contribution in [2.24, 2.45) is 0 Å². The molecule has 0 aliphatic heterocycles. The summed E-state index contributed by atoms with van der Waals surface area (Å²) < 4.78 is 33.2. The Labute approximate surface area is 169 Å². The van der Waals surface area contributed by atoms with E-state index in [0.29, 0.717) is 16.8 Å². The first-order valence-electron chi connectivity index (χ1n) is 8.48. The van der Waals surface area contributed by atoms with Gasteiger partial charge in [0, 0.05) is 11.5 Å². The van der Waals surface area contributed by atoms with Gasteiger partial charge in [-0.2, -0.15) is 0 Å². The maximum absolute atomic E-state index is 13.6. The molecule has 0 spiro atoms. The Kier molecular flexibility index (Phi) is 6.14. The standard InChI is InChI=1S/C19H19F2N3O2S2/c1-19(2,3)14-8-22-16(26-14)10-27-17-9-23-18(28-17)24-15(25)6-11-4-5-12(20)7-13(11)21/h4-5,7-9H,6,10H2,1-3H3,(H,23,24,25). The number of carbonyl (C=O) groups excluding carboxylic acids is 1. The second-order valence-electron chi connectivity index (χ2n) is 7.10. The summed E-state index contributed by atoms with van der Waals surface area (Å²) in [7, 11) is 0. The van der Waals surface area contributed by atoms with Crippen molar-refractivity contribution < 1.29 is 18.0 Å². The second-order valence-corrected chi connectivity index (χ2v) is 9.41. The highest BCUT2D eigenvalue weighted by atomic mass is 32.2. The summed E-state index contributed by atoms with van der Waals surface area (Å²) in [5.74, 6) is 0.162. The minimum Gasteiger partial charge on any atom is -0.444 e. The number of aromatic nitrogens is 2. The Bertz CT molecular complexity index is 980. The van der Waals surface area contributed by atoms with Gasteiger partial charge in [-0.15, -0.1) is 11.8 Å². The van der Waals surface area contributed by atoms with Crippen LogP contribution in [0.2, 0.25) is 0 Å². The SMILES string of the molecule is CC(C)(C)c1cnc(CSc2cnc(NC(=O)Cc3ccc(F)cc3F)s2)o1. The van der Waals surface area contributed by atoms with Crippen molar-refractivity contribution >= 4 is 34.1 Å². The summed E-state index contributed by atoms with van der Waals surface area (Å²) in [6.45, 7) is 6.17. The molecule has 0 unspecified atom stereocenters. The summed E-state index contributed by atoms with van der Waals surface area (Å²) in [4.78, 5) is 20.5. The van der Waals surface area contributed by atoms with E-state index in [1.807, 2.05) is 0 Å². The Hall–Kier alpha value is -2.26. The number of oxazole rings is 1. The molecule has 3 rings (SSSR count). The fourth-order valence-electron chi connectivity index (χ4n) is 2.24. The average molecular weight is 424 g/mol. The summed E-state index contributed by atoms with van der Waals surface area (Å²) >= 11 is 2.81. The molecule has 1 amide bonds. The number of amides is 1. The van der Waals surface area contributed by atoms with Gasteiger partial charge in [-0.25, -0.2) is 18.7 Å². The minimum atomic E-state index is -0.744. The fraction of sp³-hybridized carbons (Fsp3) is 0.316. The molecule has 3 aromatic rings. The van der Waals surface area contributed by atoms with Crippen molar-refractivity contribution in [3.8, 4) is 0 Å². The maximum atomic E-state index is 13.6. The van der Waals surface area contributed by atoms with E-state index >= 15 is 0 Å². The van der Waals surface area contributed by atoms with E-state index in [0.717, 1.165) is 22.1 Å². The van der Waals surface area contributed by atoms with E-state index in [1.165, 1.54) is 29.2 Å². The molecule has 9 heteroatoms. The van der Waals surface area contributed by atoms with Gasteiger partial charge in [-0.3, -0.25) is 4.79 Å². The smallest absolute Gasteiger partial charge is 0.230 e. The zero-order valence-corrected chi connectivity index (χ0v) is 17.2. The molecule has 1 N–H and O–H groups in total. The topological polar surface area (TPSA) is 68.0 Å². The number of thiazole rings is 1. The number of anilines is 1. The summed E-state index contributed by atoms with van der Waals surface area (Å²) in [6.07, 6.45) is 3.19. The number of hydrogen-bond donors (Lipinski definition) is 1. The number of benzene rings is 1. The zero-order valence-electron chi connectivity index (χ0n) is 15.6. The molecule has 0 saturated carbocycles. The molecule has 0 radical (unpaired) electrons. The Balaban J connectivity index is 1.53. The van der Waals surface area contributed by atoms with Gasteiger partial charge < -0.3 is 9.73 Å². The van der Waals surface area contributed by atoms with Crippen LogP contribution in [0.3, 0.4) is 0 Å². The molecule has 2 heterocycles. The lowest BCUT2D eigenvalue weighted by Gasteiger charge is -2.12. The molecule has 0 fully saturated rings. The zero-order chi connectivity index (χ0) is 20.3. The van der Waals surface area contributed by atoms with Crippen molar-refractivity contribution in [1.29, 1.82) is 0 Å². The van der Waals surface area contributed by atoms with Gasteiger partial charge in [-0.1, -0.05) is 38.2 Å². The van der Waals surface area contributed by atoms with Crippen LogP contribution < -0.4 is 5.32 Å². The van der Waals surface area contributed by atoms with Gasteiger partial charge in [0.25, 0.3) is 0 Å². The Morgan fingerprint density at radius 3 is 2.71 bits per heavy atom. The molecule has 0 aliphatic rings. The van der Waals surface area contributed by atoms with Gasteiger partial charge in [-0.05, 0) is 11.6 Å². The molecule has 5 nitrogen and oxygen atoms in total. The first kappa shape index (κ1) is 20.5. The van der Waals surface area contributed by atoms with E-state index in [1.54, 1.807) is 12.4 Å². The third-order valence-corrected chi connectivity index (χ3v) is 5.82. The van der Waals surface area contributed by atoms with Crippen molar-refractivity contribution in [3.63, 3.8) is 0 Å². The van der Waals surface area contributed by atoms with E-state index in [2.05, 4.69) is 36.1 Å². The number of thioether (sulfide) groups is 1. The highest BCUT2D eigenvalue weighted by molar-refractivity contribution is 8.00. The summed E-state index contributed by atoms with van der Waals surface area (Å²) in [5, 5.41) is 3.05. The molecule has 0 atom stereocenters. The summed E-state index contributed by atoms with van der Waals surface area (Å²) in [5.41, 5.74) is 0.0329. The number of nitrogens with one attached hydrogen (secondary N) is 1. The monoisotopic (exact) mass is 423 g/mol. The van der Waals surface area contributed by atoms with E-state index in [4.69, 9.17) is 4.42 Å².